The number of carbonyl (C=O) groups excluding carboxylic acids is 2. The van der Waals surface area contributed by atoms with E-state index in [2.05, 4.69) is 19.9 Å². The van der Waals surface area contributed by atoms with Gasteiger partial charge in [0.05, 0.1) is 42.4 Å². The molecule has 2 amide bonds. The first kappa shape index (κ1) is 31.1. The predicted molar refractivity (Wildman–Crippen MR) is 172 cm³/mol. The number of hydrogen-bond donors (Lipinski definition) is 0. The van der Waals surface area contributed by atoms with Gasteiger partial charge in [0.15, 0.2) is 0 Å². The molecule has 4 aromatic rings. The number of amides is 2. The van der Waals surface area contributed by atoms with Gasteiger partial charge < -0.3 is 23.8 Å². The summed E-state index contributed by atoms with van der Waals surface area (Å²) < 4.78 is 31.5. The molecule has 2 aliphatic heterocycles. The Balaban J connectivity index is 1.06. The molecule has 13 heteroatoms. The molecule has 0 N–H and O–H groups in total. The summed E-state index contributed by atoms with van der Waals surface area (Å²) in [5, 5.41) is 9.12. The maximum atomic E-state index is 15.5. The van der Waals surface area contributed by atoms with Crippen LogP contribution in [0, 0.1) is 6.92 Å². The number of nitrogens with zero attached hydrogens (tertiary/aromatic N) is 8. The first-order valence-electron chi connectivity index (χ1n) is 16.4. The van der Waals surface area contributed by atoms with Gasteiger partial charge >= 0.3 is 6.09 Å². The minimum absolute atomic E-state index is 0.00761. The molecule has 0 unspecified atom stereocenters. The fraction of sp³-hybridized carbons (Fsp3) is 0.529. The Morgan fingerprint density at radius 2 is 1.77 bits per heavy atom. The van der Waals surface area contributed by atoms with Gasteiger partial charge in [0, 0.05) is 30.9 Å². The van der Waals surface area contributed by atoms with E-state index in [1.165, 1.54) is 4.90 Å². The number of fused-ring (bicyclic) bond motifs is 1. The standard InChI is InChI=1S/C34H41FN8O4/c1-21-29(23-16-27-30(42(20-37-27)24-9-10-24)28(17-23)46-22(2)26-8-6-7-13-36-26)38-39-43(21)25-11-14-40(15-12-25)31(44)34(35)18-41(19-34)32(45)47-33(3,4)5/h6-8,13,16-17,20,22,24-25H,9-12,14-15,18-19H2,1-5H3/t22-/m1/s1. The van der Waals surface area contributed by atoms with Crippen LogP contribution in [0.25, 0.3) is 22.3 Å². The van der Waals surface area contributed by atoms with E-state index in [-0.39, 0.29) is 25.2 Å². The summed E-state index contributed by atoms with van der Waals surface area (Å²) in [5.74, 6) is 0.153. The van der Waals surface area contributed by atoms with Crippen molar-refractivity contribution in [2.75, 3.05) is 26.2 Å². The molecule has 7 rings (SSSR count). The van der Waals surface area contributed by atoms with Gasteiger partial charge in [-0.2, -0.15) is 0 Å². The van der Waals surface area contributed by atoms with Crippen molar-refractivity contribution in [2.45, 2.75) is 89.8 Å². The fourth-order valence-electron chi connectivity index (χ4n) is 6.56. The lowest BCUT2D eigenvalue weighted by atomic mass is 9.93. The number of rotatable bonds is 7. The Morgan fingerprint density at radius 1 is 1.02 bits per heavy atom. The highest BCUT2D eigenvalue weighted by molar-refractivity contribution is 5.89. The zero-order chi connectivity index (χ0) is 33.1. The molecule has 1 aliphatic carbocycles. The first-order valence-corrected chi connectivity index (χ1v) is 16.4. The van der Waals surface area contributed by atoms with Crippen LogP contribution in [0.15, 0.2) is 42.9 Å². The molecule has 3 aromatic heterocycles. The molecule has 0 bridgehead atoms. The summed E-state index contributed by atoms with van der Waals surface area (Å²) in [6.07, 6.45) is 6.25. The monoisotopic (exact) mass is 644 g/mol. The molecule has 5 heterocycles. The molecule has 3 aliphatic rings. The lowest BCUT2D eigenvalue weighted by molar-refractivity contribution is -0.156. The highest BCUT2D eigenvalue weighted by atomic mass is 19.1. The van der Waals surface area contributed by atoms with E-state index in [4.69, 9.17) is 14.5 Å². The van der Waals surface area contributed by atoms with E-state index in [1.807, 2.05) is 55.2 Å². The average Bonchev–Trinajstić information content (AvgIpc) is 3.67. The second-order valence-corrected chi connectivity index (χ2v) is 14.0. The third-order valence-corrected chi connectivity index (χ3v) is 9.20. The van der Waals surface area contributed by atoms with Crippen LogP contribution in [0.2, 0.25) is 0 Å². The third kappa shape index (κ3) is 6.03. The first-order chi connectivity index (χ1) is 22.4. The van der Waals surface area contributed by atoms with Crippen molar-refractivity contribution in [3.05, 3.63) is 54.2 Å². The van der Waals surface area contributed by atoms with Gasteiger partial charge in [-0.25, -0.2) is 18.9 Å². The minimum Gasteiger partial charge on any atom is -0.482 e. The molecule has 0 spiro atoms. The largest absolute Gasteiger partial charge is 0.482 e. The molecule has 3 fully saturated rings. The SMILES string of the molecule is Cc1c(-c2cc(O[C@H](C)c3ccccn3)c3c(c2)ncn3C2CC2)nnn1C1CCN(C(=O)C2(F)CN(C(=O)OC(C)(C)C)C2)CC1. The molecule has 2 saturated heterocycles. The highest BCUT2D eigenvalue weighted by Crippen LogP contribution is 2.42. The van der Waals surface area contributed by atoms with E-state index in [0.29, 0.717) is 32.0 Å². The Bertz CT molecular complexity index is 1800. The predicted octanol–water partition coefficient (Wildman–Crippen LogP) is 5.60. The minimum atomic E-state index is -2.08. The quantitative estimate of drug-likeness (QED) is 0.255. The lowest BCUT2D eigenvalue weighted by Gasteiger charge is -2.46. The Hall–Kier alpha value is -4.55. The third-order valence-electron chi connectivity index (χ3n) is 9.20. The summed E-state index contributed by atoms with van der Waals surface area (Å²) >= 11 is 0. The van der Waals surface area contributed by atoms with Crippen LogP contribution in [0.4, 0.5) is 9.18 Å². The normalized spacial score (nSPS) is 19.0. The number of hydrogen-bond acceptors (Lipinski definition) is 8. The summed E-state index contributed by atoms with van der Waals surface area (Å²) in [6, 6.07) is 10.3. The molecular formula is C34H41FN8O4. The number of imidazole rings is 1. The number of ether oxygens (including phenoxy) is 2. The maximum absolute atomic E-state index is 15.5. The van der Waals surface area contributed by atoms with Crippen LogP contribution in [0.1, 0.15) is 83.0 Å². The second-order valence-electron chi connectivity index (χ2n) is 14.0. The van der Waals surface area contributed by atoms with Crippen LogP contribution in [0.5, 0.6) is 5.75 Å². The summed E-state index contributed by atoms with van der Waals surface area (Å²) in [5.41, 5.74) is 2.36. The van der Waals surface area contributed by atoms with Gasteiger partial charge in [-0.1, -0.05) is 11.3 Å². The van der Waals surface area contributed by atoms with Crippen LogP contribution >= 0.6 is 0 Å². The van der Waals surface area contributed by atoms with E-state index >= 15 is 4.39 Å². The van der Waals surface area contributed by atoms with Crippen molar-refractivity contribution in [1.29, 1.82) is 0 Å². The smallest absolute Gasteiger partial charge is 0.410 e. The molecule has 248 valence electrons. The van der Waals surface area contributed by atoms with Crippen molar-refractivity contribution in [3.8, 4) is 17.0 Å². The highest BCUT2D eigenvalue weighted by Gasteiger charge is 2.54. The van der Waals surface area contributed by atoms with Crippen LogP contribution in [-0.4, -0.2) is 88.8 Å². The Kier molecular flexibility index (Phi) is 7.67. The zero-order valence-electron chi connectivity index (χ0n) is 27.5. The van der Waals surface area contributed by atoms with E-state index in [9.17, 15) is 9.59 Å². The average molecular weight is 645 g/mol. The van der Waals surface area contributed by atoms with Gasteiger partial charge in [-0.05, 0) is 84.6 Å². The fourth-order valence-corrected chi connectivity index (χ4v) is 6.56. The van der Waals surface area contributed by atoms with Crippen molar-refractivity contribution in [1.82, 2.24) is 39.3 Å². The summed E-state index contributed by atoms with van der Waals surface area (Å²) in [6.45, 7) is 9.45. The van der Waals surface area contributed by atoms with Gasteiger partial charge in [0.2, 0.25) is 5.67 Å². The van der Waals surface area contributed by atoms with Crippen molar-refractivity contribution in [3.63, 3.8) is 0 Å². The maximum Gasteiger partial charge on any atom is 0.410 e. The zero-order valence-corrected chi connectivity index (χ0v) is 27.5. The van der Waals surface area contributed by atoms with Crippen LogP contribution in [-0.2, 0) is 9.53 Å². The number of pyridine rings is 1. The number of alkyl halides is 1. The van der Waals surface area contributed by atoms with Gasteiger partial charge in [0.25, 0.3) is 5.91 Å². The molecule has 47 heavy (non-hydrogen) atoms. The number of benzene rings is 1. The topological polar surface area (TPSA) is 121 Å². The van der Waals surface area contributed by atoms with Crippen molar-refractivity contribution >= 4 is 23.0 Å². The molecule has 1 atom stereocenters. The summed E-state index contributed by atoms with van der Waals surface area (Å²) in [7, 11) is 0. The van der Waals surface area contributed by atoms with Gasteiger partial charge in [-0.3, -0.25) is 9.78 Å². The molecular weight excluding hydrogens is 603 g/mol. The molecule has 0 radical (unpaired) electrons. The van der Waals surface area contributed by atoms with Gasteiger partial charge in [0.1, 0.15) is 28.7 Å². The molecule has 1 aromatic carbocycles. The van der Waals surface area contributed by atoms with Crippen LogP contribution < -0.4 is 4.74 Å². The van der Waals surface area contributed by atoms with Crippen LogP contribution in [0.3, 0.4) is 0 Å². The van der Waals surface area contributed by atoms with Crippen molar-refractivity contribution < 1.29 is 23.5 Å². The van der Waals surface area contributed by atoms with Gasteiger partial charge in [-0.15, -0.1) is 5.10 Å². The number of likely N-dealkylation sites (tertiary alicyclic amines) is 2. The second kappa shape index (κ2) is 11.6. The summed E-state index contributed by atoms with van der Waals surface area (Å²) in [4.78, 5) is 37.4. The van der Waals surface area contributed by atoms with E-state index in [1.54, 1.807) is 31.9 Å². The van der Waals surface area contributed by atoms with E-state index in [0.717, 1.165) is 52.3 Å². The number of aromatic nitrogens is 6. The molecule has 1 saturated carbocycles. The van der Waals surface area contributed by atoms with Crippen molar-refractivity contribution in [2.24, 2.45) is 0 Å². The number of carbonyl (C=O) groups is 2. The molecule has 12 nitrogen and oxygen atoms in total. The Labute approximate surface area is 272 Å². The number of halogens is 1. The Morgan fingerprint density at radius 3 is 2.43 bits per heavy atom. The number of piperidine rings is 1. The lowest BCUT2D eigenvalue weighted by Crippen LogP contribution is -2.68. The van der Waals surface area contributed by atoms with E-state index < -0.39 is 23.3 Å².